The van der Waals surface area contributed by atoms with E-state index in [1.165, 1.54) is 12.3 Å². The standard InChI is InChI=1S/C16H19N3O4S/c17-12-4-7-16(8-5-12,15(18)20)23-24(21,22)14-3-1-2-11-10-19-9-6-13(11)14/h1-3,6,9-10,12H,4-5,7-8,17H2,(H2,18,20). The van der Waals surface area contributed by atoms with Crippen molar-refractivity contribution >= 4 is 26.8 Å². The summed E-state index contributed by atoms with van der Waals surface area (Å²) in [6.07, 6.45) is 4.42. The maximum Gasteiger partial charge on any atom is 0.298 e. The highest BCUT2D eigenvalue weighted by Gasteiger charge is 2.45. The molecule has 1 amide bonds. The molecule has 7 nitrogen and oxygen atoms in total. The molecule has 1 aliphatic carbocycles. The highest BCUT2D eigenvalue weighted by Crippen LogP contribution is 2.35. The van der Waals surface area contributed by atoms with Gasteiger partial charge in [-0.15, -0.1) is 0 Å². The van der Waals surface area contributed by atoms with Crippen molar-refractivity contribution < 1.29 is 17.4 Å². The lowest BCUT2D eigenvalue weighted by Crippen LogP contribution is -2.51. The molecule has 1 aromatic carbocycles. The first-order chi connectivity index (χ1) is 11.3. The number of fused-ring (bicyclic) bond motifs is 1. The number of amides is 1. The molecule has 1 heterocycles. The second-order valence-corrected chi connectivity index (χ2v) is 7.60. The minimum absolute atomic E-state index is 0.00195. The average Bonchev–Trinajstić information content (AvgIpc) is 2.56. The number of carbonyl (C=O) groups excluding carboxylic acids is 1. The van der Waals surface area contributed by atoms with E-state index in [4.69, 9.17) is 15.7 Å². The van der Waals surface area contributed by atoms with E-state index >= 15 is 0 Å². The number of nitrogens with zero attached hydrogens (tertiary/aromatic N) is 1. The van der Waals surface area contributed by atoms with Gasteiger partial charge in [0, 0.05) is 29.2 Å². The van der Waals surface area contributed by atoms with Crippen molar-refractivity contribution in [3.8, 4) is 0 Å². The summed E-state index contributed by atoms with van der Waals surface area (Å²) < 4.78 is 31.0. The molecule has 0 aliphatic heterocycles. The van der Waals surface area contributed by atoms with Crippen molar-refractivity contribution in [3.05, 3.63) is 36.7 Å². The molecule has 1 fully saturated rings. The molecule has 0 atom stereocenters. The molecule has 0 unspecified atom stereocenters. The lowest BCUT2D eigenvalue weighted by molar-refractivity contribution is -0.136. The van der Waals surface area contributed by atoms with Gasteiger partial charge in [0.15, 0.2) is 5.60 Å². The third-order valence-corrected chi connectivity index (χ3v) is 5.90. The summed E-state index contributed by atoms with van der Waals surface area (Å²) in [5, 5.41) is 1.15. The van der Waals surface area contributed by atoms with Gasteiger partial charge in [-0.2, -0.15) is 8.42 Å². The topological polar surface area (TPSA) is 125 Å². The molecule has 3 rings (SSSR count). The summed E-state index contributed by atoms with van der Waals surface area (Å²) >= 11 is 0. The smallest absolute Gasteiger partial charge is 0.298 e. The Labute approximate surface area is 140 Å². The Bertz CT molecular complexity index is 869. The van der Waals surface area contributed by atoms with Crippen LogP contribution in [-0.2, 0) is 19.1 Å². The van der Waals surface area contributed by atoms with Crippen LogP contribution < -0.4 is 11.5 Å². The van der Waals surface area contributed by atoms with Crippen LogP contribution >= 0.6 is 0 Å². The van der Waals surface area contributed by atoms with E-state index in [-0.39, 0.29) is 23.8 Å². The van der Waals surface area contributed by atoms with E-state index in [2.05, 4.69) is 4.98 Å². The van der Waals surface area contributed by atoms with Crippen LogP contribution in [0.15, 0.2) is 41.6 Å². The fourth-order valence-electron chi connectivity index (χ4n) is 3.04. The number of rotatable bonds is 4. The van der Waals surface area contributed by atoms with Gasteiger partial charge >= 0.3 is 0 Å². The SMILES string of the molecule is NC(=O)C1(OS(=O)(=O)c2cccc3cnccc23)CCC(N)CC1. The van der Waals surface area contributed by atoms with Crippen LogP contribution in [0.5, 0.6) is 0 Å². The minimum atomic E-state index is -4.18. The number of hydrogen-bond acceptors (Lipinski definition) is 6. The summed E-state index contributed by atoms with van der Waals surface area (Å²) in [6.45, 7) is 0. The lowest BCUT2D eigenvalue weighted by Gasteiger charge is -2.35. The molecule has 0 saturated heterocycles. The molecule has 1 aromatic heterocycles. The van der Waals surface area contributed by atoms with Crippen molar-refractivity contribution in [1.29, 1.82) is 0 Å². The largest absolute Gasteiger partial charge is 0.367 e. The van der Waals surface area contributed by atoms with Crippen molar-refractivity contribution in [2.24, 2.45) is 11.5 Å². The summed E-state index contributed by atoms with van der Waals surface area (Å²) in [5.41, 5.74) is 9.77. The zero-order chi connectivity index (χ0) is 17.4. The maximum atomic E-state index is 12.8. The van der Waals surface area contributed by atoms with Crippen LogP contribution in [0.1, 0.15) is 25.7 Å². The van der Waals surface area contributed by atoms with Gasteiger partial charge in [0.25, 0.3) is 16.0 Å². The fourth-order valence-corrected chi connectivity index (χ4v) is 4.50. The molecule has 8 heteroatoms. The zero-order valence-corrected chi connectivity index (χ0v) is 13.8. The number of nitrogens with two attached hydrogens (primary N) is 2. The predicted molar refractivity (Wildman–Crippen MR) is 88.4 cm³/mol. The Morgan fingerprint density at radius 1 is 1.25 bits per heavy atom. The third-order valence-electron chi connectivity index (χ3n) is 4.47. The van der Waals surface area contributed by atoms with E-state index < -0.39 is 21.6 Å². The first kappa shape index (κ1) is 16.8. The van der Waals surface area contributed by atoms with E-state index in [1.807, 2.05) is 0 Å². The molecule has 1 aliphatic rings. The Kier molecular flexibility index (Phi) is 4.29. The fraction of sp³-hybridized carbons (Fsp3) is 0.375. The van der Waals surface area contributed by atoms with Gasteiger partial charge in [-0.25, -0.2) is 4.18 Å². The quantitative estimate of drug-likeness (QED) is 0.795. The van der Waals surface area contributed by atoms with Crippen LogP contribution in [0.4, 0.5) is 0 Å². The summed E-state index contributed by atoms with van der Waals surface area (Å²) in [7, 11) is -4.18. The number of benzene rings is 1. The van der Waals surface area contributed by atoms with Crippen LogP contribution in [0, 0.1) is 0 Å². The van der Waals surface area contributed by atoms with Gasteiger partial charge < -0.3 is 11.5 Å². The number of pyridine rings is 1. The van der Waals surface area contributed by atoms with Crippen LogP contribution in [0.2, 0.25) is 0 Å². The van der Waals surface area contributed by atoms with Gasteiger partial charge in [0.05, 0.1) is 0 Å². The summed E-state index contributed by atoms with van der Waals surface area (Å²) in [4.78, 5) is 15.9. The molecule has 0 bridgehead atoms. The monoisotopic (exact) mass is 349 g/mol. The second kappa shape index (κ2) is 6.12. The summed E-state index contributed by atoms with van der Waals surface area (Å²) in [6, 6.07) is 6.33. The van der Waals surface area contributed by atoms with Gasteiger partial charge in [-0.1, -0.05) is 12.1 Å². The number of hydrogen-bond donors (Lipinski definition) is 2. The normalized spacial score (nSPS) is 24.8. The molecule has 2 aromatic rings. The van der Waals surface area contributed by atoms with Gasteiger partial charge in [-0.3, -0.25) is 9.78 Å². The number of aromatic nitrogens is 1. The van der Waals surface area contributed by atoms with Crippen molar-refractivity contribution in [2.45, 2.75) is 42.2 Å². The minimum Gasteiger partial charge on any atom is -0.367 e. The first-order valence-corrected chi connectivity index (χ1v) is 9.09. The molecule has 0 spiro atoms. The number of carbonyl (C=O) groups is 1. The van der Waals surface area contributed by atoms with Crippen molar-refractivity contribution in [1.82, 2.24) is 4.98 Å². The molecule has 4 N–H and O–H groups in total. The zero-order valence-electron chi connectivity index (χ0n) is 13.0. The Morgan fingerprint density at radius 2 is 1.96 bits per heavy atom. The van der Waals surface area contributed by atoms with E-state index in [0.717, 1.165) is 0 Å². The highest BCUT2D eigenvalue weighted by molar-refractivity contribution is 7.87. The molecular formula is C16H19N3O4S. The van der Waals surface area contributed by atoms with Gasteiger partial charge in [0.1, 0.15) is 4.90 Å². The third kappa shape index (κ3) is 3.00. The molecular weight excluding hydrogens is 330 g/mol. The van der Waals surface area contributed by atoms with Gasteiger partial charge in [-0.05, 0) is 37.8 Å². The molecule has 24 heavy (non-hydrogen) atoms. The average molecular weight is 349 g/mol. The van der Waals surface area contributed by atoms with E-state index in [9.17, 15) is 13.2 Å². The highest BCUT2D eigenvalue weighted by atomic mass is 32.2. The van der Waals surface area contributed by atoms with E-state index in [1.54, 1.807) is 24.4 Å². The van der Waals surface area contributed by atoms with Crippen molar-refractivity contribution in [2.75, 3.05) is 0 Å². The maximum absolute atomic E-state index is 12.8. The second-order valence-electron chi connectivity index (χ2n) is 6.09. The molecule has 1 saturated carbocycles. The van der Waals surface area contributed by atoms with Crippen LogP contribution in [0.3, 0.4) is 0 Å². The molecule has 0 radical (unpaired) electrons. The summed E-state index contributed by atoms with van der Waals surface area (Å²) in [5.74, 6) is -0.778. The Morgan fingerprint density at radius 3 is 2.62 bits per heavy atom. The first-order valence-electron chi connectivity index (χ1n) is 7.68. The Hall–Kier alpha value is -2.03. The van der Waals surface area contributed by atoms with Crippen LogP contribution in [0.25, 0.3) is 10.8 Å². The lowest BCUT2D eigenvalue weighted by atomic mass is 9.82. The van der Waals surface area contributed by atoms with Crippen LogP contribution in [-0.4, -0.2) is 31.0 Å². The van der Waals surface area contributed by atoms with Gasteiger partial charge in [0.2, 0.25) is 0 Å². The predicted octanol–water partition coefficient (Wildman–Crippen LogP) is 1.07. The molecule has 128 valence electrons. The van der Waals surface area contributed by atoms with Crippen molar-refractivity contribution in [3.63, 3.8) is 0 Å². The Balaban J connectivity index is 2.02. The number of primary amides is 1. The van der Waals surface area contributed by atoms with E-state index in [0.29, 0.717) is 23.6 Å².